The summed E-state index contributed by atoms with van der Waals surface area (Å²) in [5, 5.41) is 0. The van der Waals surface area contributed by atoms with Gasteiger partial charge in [-0.2, -0.15) is 0 Å². The van der Waals surface area contributed by atoms with Crippen molar-refractivity contribution in [2.24, 2.45) is 0 Å². The highest BCUT2D eigenvalue weighted by Gasteiger charge is 2.34. The third-order valence-corrected chi connectivity index (χ3v) is 10.3. The van der Waals surface area contributed by atoms with Crippen LogP contribution in [0.1, 0.15) is 116 Å². The molecule has 1 aliphatic heterocycles. The summed E-state index contributed by atoms with van der Waals surface area (Å²) in [6, 6.07) is 0. The molecule has 1 aliphatic carbocycles. The van der Waals surface area contributed by atoms with Crippen LogP contribution in [0.2, 0.25) is 0 Å². The standard InChI is InChI=1S/C27H42O4S3/c1-3-4-5-6-7-8-9-10-11-12-13-14-15-16-20-32-27-24(25(30)31-2)33-26(34-27)23-21(28)18-17-19-22(23)29/h3-20H2,1-2H3. The Morgan fingerprint density at radius 2 is 1.29 bits per heavy atom. The number of allylic oxidation sites excluding steroid dienone is 1. The molecule has 0 aromatic heterocycles. The van der Waals surface area contributed by atoms with E-state index in [1.54, 1.807) is 11.8 Å². The fourth-order valence-corrected chi connectivity index (χ4v) is 8.50. The maximum absolute atomic E-state index is 12.3. The van der Waals surface area contributed by atoms with Gasteiger partial charge in [0.1, 0.15) is 4.91 Å². The third kappa shape index (κ3) is 10.5. The van der Waals surface area contributed by atoms with Crippen LogP contribution in [0.25, 0.3) is 0 Å². The first-order valence-corrected chi connectivity index (χ1v) is 15.8. The molecule has 4 nitrogen and oxygen atoms in total. The van der Waals surface area contributed by atoms with Crippen molar-refractivity contribution in [3.8, 4) is 0 Å². The van der Waals surface area contributed by atoms with Crippen LogP contribution in [0.3, 0.4) is 0 Å². The molecule has 1 saturated carbocycles. The van der Waals surface area contributed by atoms with E-state index in [1.165, 1.54) is 114 Å². The molecule has 34 heavy (non-hydrogen) atoms. The number of ether oxygens (including phenoxy) is 1. The Morgan fingerprint density at radius 1 is 0.794 bits per heavy atom. The first kappa shape index (κ1) is 29.6. The van der Waals surface area contributed by atoms with Crippen LogP contribution in [0.4, 0.5) is 0 Å². The van der Waals surface area contributed by atoms with Gasteiger partial charge >= 0.3 is 5.97 Å². The second kappa shape index (κ2) is 17.7. The summed E-state index contributed by atoms with van der Waals surface area (Å²) in [6.07, 6.45) is 20.2. The van der Waals surface area contributed by atoms with Crippen LogP contribution < -0.4 is 0 Å². The van der Waals surface area contributed by atoms with Crippen molar-refractivity contribution in [3.05, 3.63) is 19.0 Å². The summed E-state index contributed by atoms with van der Waals surface area (Å²) in [4.78, 5) is 37.4. The molecule has 0 N–H and O–H groups in total. The van der Waals surface area contributed by atoms with Gasteiger partial charge in [-0.05, 0) is 18.6 Å². The van der Waals surface area contributed by atoms with Gasteiger partial charge in [-0.1, -0.05) is 114 Å². The van der Waals surface area contributed by atoms with E-state index in [9.17, 15) is 14.4 Å². The third-order valence-electron chi connectivity index (χ3n) is 6.24. The molecule has 0 atom stereocenters. The smallest absolute Gasteiger partial charge is 0.346 e. The fraction of sp³-hybridized carbons (Fsp3) is 0.741. The van der Waals surface area contributed by atoms with Gasteiger partial charge in [0.05, 0.1) is 21.2 Å². The molecule has 1 heterocycles. The molecule has 7 heteroatoms. The van der Waals surface area contributed by atoms with Crippen LogP contribution in [0.5, 0.6) is 0 Å². The summed E-state index contributed by atoms with van der Waals surface area (Å²) < 4.78 is 6.49. The van der Waals surface area contributed by atoms with Crippen LogP contribution in [0.15, 0.2) is 19.0 Å². The Labute approximate surface area is 219 Å². The quantitative estimate of drug-likeness (QED) is 0.0814. The molecule has 0 aromatic rings. The number of methoxy groups -OCH3 is 1. The number of hydrogen-bond acceptors (Lipinski definition) is 7. The Hall–Kier alpha value is -0.660. The predicted octanol–water partition coefficient (Wildman–Crippen LogP) is 8.56. The van der Waals surface area contributed by atoms with E-state index in [2.05, 4.69) is 6.92 Å². The van der Waals surface area contributed by atoms with Crippen LogP contribution >= 0.6 is 35.3 Å². The van der Waals surface area contributed by atoms with Crippen molar-refractivity contribution in [2.75, 3.05) is 12.9 Å². The van der Waals surface area contributed by atoms with Crippen LogP contribution in [0, 0.1) is 0 Å². The second-order valence-electron chi connectivity index (χ2n) is 9.12. The van der Waals surface area contributed by atoms with E-state index in [0.717, 1.165) is 16.4 Å². The molecule has 0 bridgehead atoms. The maximum atomic E-state index is 12.3. The topological polar surface area (TPSA) is 60.4 Å². The average molecular weight is 527 g/mol. The molecule has 2 rings (SSSR count). The van der Waals surface area contributed by atoms with E-state index in [4.69, 9.17) is 4.74 Å². The van der Waals surface area contributed by atoms with Crippen molar-refractivity contribution < 1.29 is 19.1 Å². The Kier molecular flexibility index (Phi) is 15.4. The number of rotatable bonds is 17. The summed E-state index contributed by atoms with van der Waals surface area (Å²) in [7, 11) is 1.37. The summed E-state index contributed by atoms with van der Waals surface area (Å²) >= 11 is 4.30. The lowest BCUT2D eigenvalue weighted by Crippen LogP contribution is -2.19. The monoisotopic (exact) mass is 526 g/mol. The van der Waals surface area contributed by atoms with Gasteiger partial charge in [0, 0.05) is 12.8 Å². The van der Waals surface area contributed by atoms with Gasteiger partial charge in [-0.15, -0.1) is 11.8 Å². The van der Waals surface area contributed by atoms with E-state index >= 15 is 0 Å². The Bertz CT molecular complexity index is 724. The molecular weight excluding hydrogens is 484 g/mol. The van der Waals surface area contributed by atoms with E-state index in [0.29, 0.717) is 34.0 Å². The number of esters is 1. The van der Waals surface area contributed by atoms with Crippen molar-refractivity contribution in [1.82, 2.24) is 0 Å². The highest BCUT2D eigenvalue weighted by Crippen LogP contribution is 2.55. The summed E-state index contributed by atoms with van der Waals surface area (Å²) in [6.45, 7) is 2.27. The molecule has 0 unspecified atom stereocenters. The maximum Gasteiger partial charge on any atom is 0.346 e. The average Bonchev–Trinajstić information content (AvgIpc) is 3.24. The van der Waals surface area contributed by atoms with Gasteiger partial charge in [-0.25, -0.2) is 4.79 Å². The minimum Gasteiger partial charge on any atom is -0.465 e. The molecular formula is C27H42O4S3. The van der Waals surface area contributed by atoms with E-state index in [1.807, 2.05) is 0 Å². The first-order chi connectivity index (χ1) is 16.6. The number of hydrogen-bond donors (Lipinski definition) is 0. The second-order valence-corrected chi connectivity index (χ2v) is 12.8. The van der Waals surface area contributed by atoms with Gasteiger partial charge in [-0.3, -0.25) is 9.59 Å². The number of carbonyl (C=O) groups is 3. The Morgan fingerprint density at radius 3 is 1.79 bits per heavy atom. The molecule has 0 aromatic carbocycles. The van der Waals surface area contributed by atoms with Crippen LogP contribution in [-0.4, -0.2) is 30.4 Å². The largest absolute Gasteiger partial charge is 0.465 e. The molecule has 0 radical (unpaired) electrons. The normalized spacial score (nSPS) is 16.6. The molecule has 2 aliphatic rings. The lowest BCUT2D eigenvalue weighted by atomic mass is 9.94. The highest BCUT2D eigenvalue weighted by molar-refractivity contribution is 8.36. The zero-order valence-electron chi connectivity index (χ0n) is 21.1. The van der Waals surface area contributed by atoms with Gasteiger partial charge in [0.15, 0.2) is 11.6 Å². The van der Waals surface area contributed by atoms with Gasteiger partial charge < -0.3 is 4.74 Å². The minimum atomic E-state index is -0.382. The zero-order chi connectivity index (χ0) is 24.6. The molecule has 192 valence electrons. The predicted molar refractivity (Wildman–Crippen MR) is 148 cm³/mol. The fourth-order valence-electron chi connectivity index (χ4n) is 4.20. The number of unbranched alkanes of at least 4 members (excludes halogenated alkanes) is 13. The number of thioether (sulfide) groups is 3. The molecule has 0 amide bonds. The lowest BCUT2D eigenvalue weighted by Gasteiger charge is -2.13. The molecule has 0 spiro atoms. The number of carbonyl (C=O) groups excluding carboxylic acids is 3. The Balaban J connectivity index is 1.60. The minimum absolute atomic E-state index is 0.0892. The van der Waals surface area contributed by atoms with Gasteiger partial charge in [0.2, 0.25) is 0 Å². The first-order valence-electron chi connectivity index (χ1n) is 13.2. The van der Waals surface area contributed by atoms with Crippen molar-refractivity contribution in [3.63, 3.8) is 0 Å². The van der Waals surface area contributed by atoms with Crippen LogP contribution in [-0.2, 0) is 19.1 Å². The van der Waals surface area contributed by atoms with Crippen molar-refractivity contribution in [2.45, 2.75) is 116 Å². The van der Waals surface area contributed by atoms with Gasteiger partial charge in [0.25, 0.3) is 0 Å². The lowest BCUT2D eigenvalue weighted by molar-refractivity contribution is -0.135. The SMILES string of the molecule is CCCCCCCCCCCCCCCCSC1=C(C(=O)OC)SC(=C2C(=O)CCCC2=O)S1. The summed E-state index contributed by atoms with van der Waals surface area (Å²) in [5.41, 5.74) is 0.301. The molecule has 1 fully saturated rings. The zero-order valence-corrected chi connectivity index (χ0v) is 23.5. The number of ketones is 2. The number of Topliss-reactive ketones (excluding diaryl/α,β-unsaturated/α-hetero) is 2. The molecule has 0 saturated heterocycles. The van der Waals surface area contributed by atoms with E-state index < -0.39 is 0 Å². The summed E-state index contributed by atoms with van der Waals surface area (Å²) in [5.74, 6) is 0.376. The van der Waals surface area contributed by atoms with E-state index in [-0.39, 0.29) is 17.5 Å². The highest BCUT2D eigenvalue weighted by atomic mass is 32.2. The van der Waals surface area contributed by atoms with Crippen molar-refractivity contribution >= 4 is 52.8 Å². The van der Waals surface area contributed by atoms with Crippen molar-refractivity contribution in [1.29, 1.82) is 0 Å².